The van der Waals surface area contributed by atoms with E-state index in [0.29, 0.717) is 10.6 Å². The van der Waals surface area contributed by atoms with Gasteiger partial charge in [0.1, 0.15) is 7.05 Å². The van der Waals surface area contributed by atoms with Gasteiger partial charge in [0.25, 0.3) is 0 Å². The van der Waals surface area contributed by atoms with Crippen molar-refractivity contribution in [3.63, 3.8) is 0 Å². The standard InChI is InChI=1S/C12H15ClNO/c1-8(2)14(4)12-7-10(13)5-6-11(12)9(3)15/h5-7H,1-4H3/q+1. The average Bonchev–Trinajstić information content (AvgIpc) is 2.15. The first-order valence-corrected chi connectivity index (χ1v) is 5.15. The second-order valence-electron chi connectivity index (χ2n) is 3.72. The van der Waals surface area contributed by atoms with E-state index >= 15 is 0 Å². The number of carbonyl (C=O) groups is 1. The summed E-state index contributed by atoms with van der Waals surface area (Å²) in [5.74, 6) is 0.0507. The molecule has 80 valence electrons. The maximum Gasteiger partial charge on any atom is 0.217 e. The van der Waals surface area contributed by atoms with E-state index in [1.165, 1.54) is 0 Å². The van der Waals surface area contributed by atoms with Crippen LogP contribution in [0.3, 0.4) is 0 Å². The van der Waals surface area contributed by atoms with Crippen molar-refractivity contribution in [2.75, 3.05) is 7.05 Å². The molecule has 1 rings (SSSR count). The first kappa shape index (κ1) is 11.9. The fourth-order valence-corrected chi connectivity index (χ4v) is 1.49. The first-order chi connectivity index (χ1) is 6.93. The fraction of sp³-hybridized carbons (Fsp3) is 0.333. The fourth-order valence-electron chi connectivity index (χ4n) is 1.32. The van der Waals surface area contributed by atoms with Crippen molar-refractivity contribution >= 4 is 28.8 Å². The van der Waals surface area contributed by atoms with Crippen molar-refractivity contribution < 1.29 is 9.37 Å². The lowest BCUT2D eigenvalue weighted by molar-refractivity contribution is -0.406. The number of hydrogen-bond acceptors (Lipinski definition) is 1. The van der Waals surface area contributed by atoms with E-state index in [1.807, 2.05) is 31.5 Å². The Balaban J connectivity index is 3.44. The van der Waals surface area contributed by atoms with Gasteiger partial charge in [-0.2, -0.15) is 0 Å². The normalized spacial score (nSPS) is 9.93. The molecule has 0 aliphatic carbocycles. The molecule has 0 N–H and O–H groups in total. The Morgan fingerprint density at radius 2 is 1.87 bits per heavy atom. The zero-order chi connectivity index (χ0) is 11.6. The smallest absolute Gasteiger partial charge is 0.217 e. The number of ketones is 1. The molecule has 0 fully saturated rings. The van der Waals surface area contributed by atoms with Crippen LogP contribution in [-0.4, -0.2) is 23.1 Å². The molecular weight excluding hydrogens is 210 g/mol. The Hall–Kier alpha value is -1.15. The largest absolute Gasteiger partial charge is 0.294 e. The lowest BCUT2D eigenvalue weighted by Gasteiger charge is -2.04. The van der Waals surface area contributed by atoms with Gasteiger partial charge < -0.3 is 0 Å². The van der Waals surface area contributed by atoms with Gasteiger partial charge in [-0.25, -0.2) is 4.58 Å². The van der Waals surface area contributed by atoms with Gasteiger partial charge >= 0.3 is 0 Å². The number of nitrogens with zero attached hydrogens (tertiary/aromatic N) is 1. The lowest BCUT2D eigenvalue weighted by Crippen LogP contribution is -2.09. The SMILES string of the molecule is CC(=O)c1ccc(Cl)cc1[N+](C)=C(C)C. The summed E-state index contributed by atoms with van der Waals surface area (Å²) in [5, 5.41) is 0.642. The van der Waals surface area contributed by atoms with Crippen LogP contribution in [-0.2, 0) is 0 Å². The molecule has 0 saturated heterocycles. The molecule has 1 aromatic carbocycles. The van der Waals surface area contributed by atoms with E-state index in [-0.39, 0.29) is 5.78 Å². The predicted octanol–water partition coefficient (Wildman–Crippen LogP) is 3.30. The third kappa shape index (κ3) is 2.66. The van der Waals surface area contributed by atoms with Crippen LogP contribution in [0.5, 0.6) is 0 Å². The average molecular weight is 225 g/mol. The zero-order valence-electron chi connectivity index (χ0n) is 9.47. The van der Waals surface area contributed by atoms with Crippen LogP contribution in [0.25, 0.3) is 0 Å². The molecule has 0 aromatic heterocycles. The number of Topliss-reactive ketones (excluding diaryl/α,β-unsaturated/α-hetero) is 1. The van der Waals surface area contributed by atoms with Crippen molar-refractivity contribution in [3.8, 4) is 0 Å². The second kappa shape index (κ2) is 4.58. The van der Waals surface area contributed by atoms with Crippen LogP contribution in [0.4, 0.5) is 5.69 Å². The molecule has 0 bridgehead atoms. The summed E-state index contributed by atoms with van der Waals surface area (Å²) in [5.41, 5.74) is 2.66. The monoisotopic (exact) mass is 224 g/mol. The van der Waals surface area contributed by atoms with Crippen LogP contribution in [0, 0.1) is 0 Å². The molecule has 0 atom stereocenters. The van der Waals surface area contributed by atoms with E-state index < -0.39 is 0 Å². The summed E-state index contributed by atoms with van der Waals surface area (Å²) in [6, 6.07) is 5.31. The Morgan fingerprint density at radius 3 is 2.33 bits per heavy atom. The zero-order valence-corrected chi connectivity index (χ0v) is 10.2. The first-order valence-electron chi connectivity index (χ1n) is 4.78. The Morgan fingerprint density at radius 1 is 1.27 bits per heavy atom. The maximum atomic E-state index is 11.4. The van der Waals surface area contributed by atoms with E-state index in [0.717, 1.165) is 11.4 Å². The van der Waals surface area contributed by atoms with E-state index in [4.69, 9.17) is 11.6 Å². The van der Waals surface area contributed by atoms with Gasteiger partial charge in [0.2, 0.25) is 5.69 Å². The van der Waals surface area contributed by atoms with Gasteiger partial charge in [0.15, 0.2) is 11.5 Å². The maximum absolute atomic E-state index is 11.4. The van der Waals surface area contributed by atoms with Crippen LogP contribution >= 0.6 is 11.6 Å². The van der Waals surface area contributed by atoms with Gasteiger partial charge in [0, 0.05) is 24.9 Å². The highest BCUT2D eigenvalue weighted by atomic mass is 35.5. The number of hydrogen-bond donors (Lipinski definition) is 0. The van der Waals surface area contributed by atoms with E-state index in [1.54, 1.807) is 19.1 Å². The molecule has 0 aliphatic rings. The molecule has 3 heteroatoms. The Bertz CT molecular complexity index is 431. The van der Waals surface area contributed by atoms with Crippen LogP contribution < -0.4 is 0 Å². The molecule has 0 radical (unpaired) electrons. The minimum Gasteiger partial charge on any atom is -0.294 e. The van der Waals surface area contributed by atoms with E-state index in [2.05, 4.69) is 0 Å². The highest BCUT2D eigenvalue weighted by molar-refractivity contribution is 6.31. The summed E-state index contributed by atoms with van der Waals surface area (Å²) >= 11 is 5.92. The molecule has 0 heterocycles. The quantitative estimate of drug-likeness (QED) is 0.429. The van der Waals surface area contributed by atoms with E-state index in [9.17, 15) is 4.79 Å². The number of carbonyl (C=O) groups excluding carboxylic acids is 1. The number of halogens is 1. The molecule has 0 spiro atoms. The number of benzene rings is 1. The molecular formula is C12H15ClNO+. The summed E-state index contributed by atoms with van der Waals surface area (Å²) in [6.07, 6.45) is 0. The molecule has 0 unspecified atom stereocenters. The minimum absolute atomic E-state index is 0.0507. The highest BCUT2D eigenvalue weighted by Crippen LogP contribution is 2.23. The topological polar surface area (TPSA) is 20.1 Å². The molecule has 2 nitrogen and oxygen atoms in total. The number of rotatable bonds is 2. The van der Waals surface area contributed by atoms with Gasteiger partial charge in [-0.15, -0.1) is 0 Å². The lowest BCUT2D eigenvalue weighted by atomic mass is 10.1. The highest BCUT2D eigenvalue weighted by Gasteiger charge is 2.16. The summed E-state index contributed by atoms with van der Waals surface area (Å²) in [4.78, 5) is 11.4. The molecule has 0 aliphatic heterocycles. The summed E-state index contributed by atoms with van der Waals surface area (Å²) < 4.78 is 1.96. The summed E-state index contributed by atoms with van der Waals surface area (Å²) in [6.45, 7) is 5.54. The van der Waals surface area contributed by atoms with Gasteiger partial charge in [0.05, 0.1) is 5.56 Å². The minimum atomic E-state index is 0.0507. The van der Waals surface area contributed by atoms with Crippen molar-refractivity contribution in [3.05, 3.63) is 28.8 Å². The van der Waals surface area contributed by atoms with Gasteiger partial charge in [-0.1, -0.05) is 11.6 Å². The molecule has 15 heavy (non-hydrogen) atoms. The van der Waals surface area contributed by atoms with Crippen molar-refractivity contribution in [2.24, 2.45) is 0 Å². The van der Waals surface area contributed by atoms with Gasteiger partial charge in [-0.05, 0) is 19.1 Å². The second-order valence-corrected chi connectivity index (χ2v) is 4.16. The van der Waals surface area contributed by atoms with Crippen LogP contribution in [0.15, 0.2) is 18.2 Å². The third-order valence-corrected chi connectivity index (χ3v) is 2.61. The molecule has 0 saturated carbocycles. The van der Waals surface area contributed by atoms with Crippen LogP contribution in [0.1, 0.15) is 31.1 Å². The van der Waals surface area contributed by atoms with Crippen molar-refractivity contribution in [1.82, 2.24) is 0 Å². The molecule has 0 amide bonds. The third-order valence-electron chi connectivity index (χ3n) is 2.37. The summed E-state index contributed by atoms with van der Waals surface area (Å²) in [7, 11) is 1.92. The van der Waals surface area contributed by atoms with Gasteiger partial charge in [-0.3, -0.25) is 4.79 Å². The Labute approximate surface area is 95.2 Å². The molecule has 1 aromatic rings. The van der Waals surface area contributed by atoms with Crippen molar-refractivity contribution in [2.45, 2.75) is 20.8 Å². The van der Waals surface area contributed by atoms with Crippen molar-refractivity contribution in [1.29, 1.82) is 0 Å². The van der Waals surface area contributed by atoms with Crippen LogP contribution in [0.2, 0.25) is 5.02 Å². The predicted molar refractivity (Wildman–Crippen MR) is 63.7 cm³/mol. The Kier molecular flexibility index (Phi) is 3.64.